The predicted molar refractivity (Wildman–Crippen MR) is 78.1 cm³/mol. The molecule has 1 aliphatic heterocycles. The SMILES string of the molecule is CCOC(=O)C1C(C)=NC(=S)NC1c1cccc(F)c1. The predicted octanol–water partition coefficient (Wildman–Crippen LogP) is 2.40. The van der Waals surface area contributed by atoms with Crippen LogP contribution in [0.15, 0.2) is 29.3 Å². The van der Waals surface area contributed by atoms with Crippen LogP contribution < -0.4 is 5.32 Å². The van der Waals surface area contributed by atoms with Gasteiger partial charge < -0.3 is 10.1 Å². The highest BCUT2D eigenvalue weighted by atomic mass is 32.1. The standard InChI is InChI=1S/C14H15FN2O2S/c1-3-19-13(18)11-8(2)16-14(20)17-12(11)9-5-4-6-10(15)7-9/h4-7,11-12H,3H2,1-2H3,(H,17,20). The van der Waals surface area contributed by atoms with Crippen molar-refractivity contribution < 1.29 is 13.9 Å². The van der Waals surface area contributed by atoms with Gasteiger partial charge in [-0.3, -0.25) is 4.79 Å². The highest BCUT2D eigenvalue weighted by molar-refractivity contribution is 7.80. The van der Waals surface area contributed by atoms with Crippen molar-refractivity contribution in [1.29, 1.82) is 0 Å². The molecular formula is C14H15FN2O2S. The maximum absolute atomic E-state index is 13.4. The molecule has 6 heteroatoms. The molecule has 1 heterocycles. The van der Waals surface area contributed by atoms with Gasteiger partial charge in [-0.2, -0.15) is 0 Å². The molecule has 0 saturated carbocycles. The molecule has 0 radical (unpaired) electrons. The fraction of sp³-hybridized carbons (Fsp3) is 0.357. The second-order valence-corrected chi connectivity index (χ2v) is 4.85. The Morgan fingerprint density at radius 1 is 1.55 bits per heavy atom. The van der Waals surface area contributed by atoms with Crippen molar-refractivity contribution in [3.8, 4) is 0 Å². The van der Waals surface area contributed by atoms with Gasteiger partial charge in [0.05, 0.1) is 12.6 Å². The van der Waals surface area contributed by atoms with Crippen molar-refractivity contribution in [2.75, 3.05) is 6.61 Å². The van der Waals surface area contributed by atoms with E-state index in [-0.39, 0.29) is 17.5 Å². The molecule has 0 aromatic heterocycles. The van der Waals surface area contributed by atoms with E-state index in [0.29, 0.717) is 11.3 Å². The van der Waals surface area contributed by atoms with E-state index in [1.54, 1.807) is 26.0 Å². The van der Waals surface area contributed by atoms with Crippen LogP contribution in [0, 0.1) is 11.7 Å². The quantitative estimate of drug-likeness (QED) is 0.687. The monoisotopic (exact) mass is 294 g/mol. The average molecular weight is 294 g/mol. The number of nitrogens with one attached hydrogen (secondary N) is 1. The van der Waals surface area contributed by atoms with E-state index in [1.165, 1.54) is 12.1 Å². The summed E-state index contributed by atoms with van der Waals surface area (Å²) in [7, 11) is 0. The van der Waals surface area contributed by atoms with E-state index in [9.17, 15) is 9.18 Å². The van der Waals surface area contributed by atoms with Crippen LogP contribution >= 0.6 is 12.2 Å². The number of esters is 1. The molecule has 1 aromatic rings. The summed E-state index contributed by atoms with van der Waals surface area (Å²) in [5.74, 6) is -1.36. The lowest BCUT2D eigenvalue weighted by molar-refractivity contribution is -0.146. The third-order valence-electron chi connectivity index (χ3n) is 3.09. The summed E-state index contributed by atoms with van der Waals surface area (Å²) in [6, 6.07) is 5.61. The van der Waals surface area contributed by atoms with Crippen molar-refractivity contribution >= 4 is 29.0 Å². The Morgan fingerprint density at radius 3 is 2.95 bits per heavy atom. The van der Waals surface area contributed by atoms with Crippen molar-refractivity contribution in [3.63, 3.8) is 0 Å². The van der Waals surface area contributed by atoms with E-state index in [0.717, 1.165) is 0 Å². The fourth-order valence-corrected chi connectivity index (χ4v) is 2.51. The van der Waals surface area contributed by atoms with Gasteiger partial charge in [-0.1, -0.05) is 12.1 Å². The second kappa shape index (κ2) is 6.09. The largest absolute Gasteiger partial charge is 0.465 e. The van der Waals surface area contributed by atoms with Gasteiger partial charge in [0.15, 0.2) is 5.11 Å². The van der Waals surface area contributed by atoms with E-state index in [2.05, 4.69) is 10.3 Å². The van der Waals surface area contributed by atoms with Gasteiger partial charge in [-0.15, -0.1) is 0 Å². The Labute approximate surface area is 122 Å². The minimum Gasteiger partial charge on any atom is -0.465 e. The lowest BCUT2D eigenvalue weighted by atomic mass is 9.88. The topological polar surface area (TPSA) is 50.7 Å². The number of rotatable bonds is 3. The molecule has 4 nitrogen and oxygen atoms in total. The molecule has 1 N–H and O–H groups in total. The molecule has 1 aromatic carbocycles. The number of nitrogens with zero attached hydrogens (tertiary/aromatic N) is 1. The van der Waals surface area contributed by atoms with Crippen molar-refractivity contribution in [2.45, 2.75) is 19.9 Å². The van der Waals surface area contributed by atoms with E-state index < -0.39 is 17.9 Å². The number of carbonyl (C=O) groups excluding carboxylic acids is 1. The molecular weight excluding hydrogens is 279 g/mol. The van der Waals surface area contributed by atoms with Gasteiger partial charge >= 0.3 is 5.97 Å². The number of hydrogen-bond acceptors (Lipinski definition) is 3. The second-order valence-electron chi connectivity index (χ2n) is 4.47. The molecule has 0 amide bonds. The van der Waals surface area contributed by atoms with E-state index in [1.807, 2.05) is 0 Å². The summed E-state index contributed by atoms with van der Waals surface area (Å²) in [4.78, 5) is 16.2. The van der Waals surface area contributed by atoms with E-state index >= 15 is 0 Å². The van der Waals surface area contributed by atoms with Gasteiger partial charge in [0.25, 0.3) is 0 Å². The van der Waals surface area contributed by atoms with Crippen LogP contribution in [0.1, 0.15) is 25.5 Å². The normalized spacial score (nSPS) is 21.9. The molecule has 1 aliphatic rings. The zero-order valence-electron chi connectivity index (χ0n) is 11.2. The Balaban J connectivity index is 2.40. The highest BCUT2D eigenvalue weighted by Gasteiger charge is 2.36. The Kier molecular flexibility index (Phi) is 4.44. The molecule has 2 rings (SSSR count). The third kappa shape index (κ3) is 3.01. The molecule has 2 unspecified atom stereocenters. The molecule has 0 bridgehead atoms. The number of hydrogen-bond donors (Lipinski definition) is 1. The van der Waals surface area contributed by atoms with Gasteiger partial charge in [-0.25, -0.2) is 9.38 Å². The summed E-state index contributed by atoms with van der Waals surface area (Å²) >= 11 is 5.05. The summed E-state index contributed by atoms with van der Waals surface area (Å²) in [6.45, 7) is 3.74. The zero-order chi connectivity index (χ0) is 14.7. The summed E-state index contributed by atoms with van der Waals surface area (Å²) in [5.41, 5.74) is 1.21. The van der Waals surface area contributed by atoms with Crippen LogP contribution in [0.3, 0.4) is 0 Å². The first-order valence-corrected chi connectivity index (χ1v) is 6.71. The molecule has 0 fully saturated rings. The number of aliphatic imine (C=N–C) groups is 1. The maximum atomic E-state index is 13.4. The van der Waals surface area contributed by atoms with Crippen LogP contribution in [0.25, 0.3) is 0 Å². The van der Waals surface area contributed by atoms with Crippen LogP contribution in [-0.2, 0) is 9.53 Å². The molecule has 20 heavy (non-hydrogen) atoms. The first-order chi connectivity index (χ1) is 9.52. The fourth-order valence-electron chi connectivity index (χ4n) is 2.23. The summed E-state index contributed by atoms with van der Waals surface area (Å²) < 4.78 is 18.5. The Hall–Kier alpha value is -1.82. The molecule has 106 valence electrons. The minimum atomic E-state index is -0.608. The minimum absolute atomic E-state index is 0.281. The molecule has 0 spiro atoms. The smallest absolute Gasteiger partial charge is 0.317 e. The lowest BCUT2D eigenvalue weighted by Crippen LogP contribution is -2.44. The molecule has 0 aliphatic carbocycles. The van der Waals surface area contributed by atoms with Crippen molar-refractivity contribution in [1.82, 2.24) is 5.32 Å². The number of halogens is 1. The molecule has 0 saturated heterocycles. The van der Waals surface area contributed by atoms with Gasteiger partial charge in [0.1, 0.15) is 11.7 Å². The number of benzene rings is 1. The van der Waals surface area contributed by atoms with Gasteiger partial charge in [-0.05, 0) is 43.8 Å². The van der Waals surface area contributed by atoms with Crippen molar-refractivity contribution in [2.24, 2.45) is 10.9 Å². The number of thiocarbonyl (C=S) groups is 1. The Bertz CT molecular complexity index is 574. The first-order valence-electron chi connectivity index (χ1n) is 6.30. The number of ether oxygens (including phenoxy) is 1. The van der Waals surface area contributed by atoms with Crippen molar-refractivity contribution in [3.05, 3.63) is 35.6 Å². The third-order valence-corrected chi connectivity index (χ3v) is 3.30. The van der Waals surface area contributed by atoms with Crippen LogP contribution in [0.2, 0.25) is 0 Å². The average Bonchev–Trinajstić information content (AvgIpc) is 2.37. The maximum Gasteiger partial charge on any atom is 0.317 e. The van der Waals surface area contributed by atoms with Gasteiger partial charge in [0, 0.05) is 5.71 Å². The highest BCUT2D eigenvalue weighted by Crippen LogP contribution is 2.28. The zero-order valence-corrected chi connectivity index (χ0v) is 12.0. The Morgan fingerprint density at radius 2 is 2.30 bits per heavy atom. The first kappa shape index (κ1) is 14.6. The van der Waals surface area contributed by atoms with Crippen LogP contribution in [0.5, 0.6) is 0 Å². The lowest BCUT2D eigenvalue weighted by Gasteiger charge is -2.30. The number of carbonyl (C=O) groups is 1. The van der Waals surface area contributed by atoms with Crippen LogP contribution in [-0.4, -0.2) is 23.4 Å². The van der Waals surface area contributed by atoms with Gasteiger partial charge in [0.2, 0.25) is 0 Å². The molecule has 2 atom stereocenters. The summed E-state index contributed by atoms with van der Waals surface area (Å²) in [6.07, 6.45) is 0. The summed E-state index contributed by atoms with van der Waals surface area (Å²) in [5, 5.41) is 3.25. The van der Waals surface area contributed by atoms with E-state index in [4.69, 9.17) is 17.0 Å². The van der Waals surface area contributed by atoms with Crippen LogP contribution in [0.4, 0.5) is 4.39 Å².